The fourth-order valence-electron chi connectivity index (χ4n) is 1.94. The number of hydrogen-bond donors (Lipinski definition) is 1. The monoisotopic (exact) mass is 277 g/mol. The molecule has 1 aromatic rings. The number of hydrogen-bond acceptors (Lipinski definition) is 3. The lowest BCUT2D eigenvalue weighted by molar-refractivity contribution is -0.146. The maximum absolute atomic E-state index is 11.9. The summed E-state index contributed by atoms with van der Waals surface area (Å²) in [4.78, 5) is 23.6. The summed E-state index contributed by atoms with van der Waals surface area (Å²) in [5.41, 5.74) is 1.11. The first-order valence-electron chi connectivity index (χ1n) is 6.99. The van der Waals surface area contributed by atoms with Crippen LogP contribution in [-0.2, 0) is 20.7 Å². The Kier molecular flexibility index (Phi) is 6.77. The zero-order valence-corrected chi connectivity index (χ0v) is 12.4. The average molecular weight is 277 g/mol. The van der Waals surface area contributed by atoms with Gasteiger partial charge in [-0.25, -0.2) is 4.79 Å². The van der Waals surface area contributed by atoms with Crippen LogP contribution in [0, 0.1) is 5.92 Å². The van der Waals surface area contributed by atoms with Gasteiger partial charge in [0.25, 0.3) is 0 Å². The molecule has 1 N–H and O–H groups in total. The van der Waals surface area contributed by atoms with Crippen LogP contribution >= 0.6 is 0 Å². The van der Waals surface area contributed by atoms with Gasteiger partial charge in [-0.1, -0.05) is 50.6 Å². The highest BCUT2D eigenvalue weighted by molar-refractivity contribution is 5.84. The van der Waals surface area contributed by atoms with Crippen molar-refractivity contribution in [1.82, 2.24) is 5.32 Å². The molecule has 0 unspecified atom stereocenters. The second kappa shape index (κ2) is 8.35. The molecule has 1 aromatic carbocycles. The normalized spacial score (nSPS) is 13.3. The third-order valence-electron chi connectivity index (χ3n) is 3.47. The second-order valence-corrected chi connectivity index (χ2v) is 4.94. The number of rotatable bonds is 7. The number of aryl methyl sites for hydroxylation is 1. The van der Waals surface area contributed by atoms with Crippen molar-refractivity contribution < 1.29 is 14.3 Å². The SMILES string of the molecule is CC[C@@H](C)[C@H](NC(=O)CCc1ccccc1)C(=O)OC. The number of nitrogens with one attached hydrogen (secondary N) is 1. The molecule has 1 amide bonds. The van der Waals surface area contributed by atoms with Gasteiger partial charge in [0.2, 0.25) is 5.91 Å². The van der Waals surface area contributed by atoms with Crippen LogP contribution in [-0.4, -0.2) is 25.0 Å². The molecular formula is C16H23NO3. The van der Waals surface area contributed by atoms with Gasteiger partial charge >= 0.3 is 5.97 Å². The van der Waals surface area contributed by atoms with E-state index < -0.39 is 6.04 Å². The summed E-state index contributed by atoms with van der Waals surface area (Å²) in [6, 6.07) is 9.25. The van der Waals surface area contributed by atoms with Gasteiger partial charge < -0.3 is 10.1 Å². The Morgan fingerprint density at radius 3 is 2.45 bits per heavy atom. The molecular weight excluding hydrogens is 254 g/mol. The van der Waals surface area contributed by atoms with Gasteiger partial charge in [-0.2, -0.15) is 0 Å². The summed E-state index contributed by atoms with van der Waals surface area (Å²) in [6.45, 7) is 3.91. The Bertz CT molecular complexity index is 431. The van der Waals surface area contributed by atoms with Gasteiger partial charge in [-0.05, 0) is 17.9 Å². The lowest BCUT2D eigenvalue weighted by atomic mass is 9.99. The van der Waals surface area contributed by atoms with Crippen LogP contribution in [0.5, 0.6) is 0 Å². The maximum Gasteiger partial charge on any atom is 0.328 e. The topological polar surface area (TPSA) is 55.4 Å². The molecule has 0 spiro atoms. The summed E-state index contributed by atoms with van der Waals surface area (Å²) >= 11 is 0. The Hall–Kier alpha value is -1.84. The minimum Gasteiger partial charge on any atom is -0.467 e. The third-order valence-corrected chi connectivity index (χ3v) is 3.47. The predicted octanol–water partition coefficient (Wildman–Crippen LogP) is 2.32. The van der Waals surface area contributed by atoms with Crippen molar-refractivity contribution in [1.29, 1.82) is 0 Å². The van der Waals surface area contributed by atoms with Crippen molar-refractivity contribution in [3.63, 3.8) is 0 Å². The first-order valence-corrected chi connectivity index (χ1v) is 6.99. The van der Waals surface area contributed by atoms with Crippen LogP contribution in [0.2, 0.25) is 0 Å². The molecule has 0 bridgehead atoms. The lowest BCUT2D eigenvalue weighted by Gasteiger charge is -2.21. The Labute approximate surface area is 120 Å². The number of carbonyl (C=O) groups excluding carboxylic acids is 2. The van der Waals surface area contributed by atoms with Crippen LogP contribution in [0.1, 0.15) is 32.3 Å². The van der Waals surface area contributed by atoms with E-state index in [1.165, 1.54) is 7.11 Å². The van der Waals surface area contributed by atoms with Gasteiger partial charge in [-0.3, -0.25) is 4.79 Å². The quantitative estimate of drug-likeness (QED) is 0.778. The van der Waals surface area contributed by atoms with Crippen molar-refractivity contribution in [2.75, 3.05) is 7.11 Å². The molecule has 2 atom stereocenters. The first kappa shape index (κ1) is 16.2. The summed E-state index contributed by atoms with van der Waals surface area (Å²) < 4.78 is 4.75. The van der Waals surface area contributed by atoms with Crippen LogP contribution in [0.25, 0.3) is 0 Å². The van der Waals surface area contributed by atoms with Crippen molar-refractivity contribution in [2.45, 2.75) is 39.2 Å². The smallest absolute Gasteiger partial charge is 0.328 e. The van der Waals surface area contributed by atoms with E-state index in [0.29, 0.717) is 12.8 Å². The second-order valence-electron chi connectivity index (χ2n) is 4.94. The summed E-state index contributed by atoms with van der Waals surface area (Å²) in [5.74, 6) is -0.444. The molecule has 0 aliphatic rings. The fourth-order valence-corrected chi connectivity index (χ4v) is 1.94. The average Bonchev–Trinajstić information content (AvgIpc) is 2.50. The van der Waals surface area contributed by atoms with Gasteiger partial charge in [0.05, 0.1) is 7.11 Å². The standard InChI is InChI=1S/C16H23NO3/c1-4-12(2)15(16(19)20-3)17-14(18)11-10-13-8-6-5-7-9-13/h5-9,12,15H,4,10-11H2,1-3H3,(H,17,18)/t12-,15+/m1/s1. The molecule has 4 heteroatoms. The molecule has 0 aromatic heterocycles. The number of ether oxygens (including phenoxy) is 1. The van der Waals surface area contributed by atoms with E-state index in [1.54, 1.807) is 0 Å². The van der Waals surface area contributed by atoms with Crippen LogP contribution in [0.3, 0.4) is 0 Å². The molecule has 0 radical (unpaired) electrons. The summed E-state index contributed by atoms with van der Waals surface area (Å²) in [6.07, 6.45) is 1.84. The zero-order chi connectivity index (χ0) is 15.0. The van der Waals surface area contributed by atoms with Crippen LogP contribution in [0.15, 0.2) is 30.3 Å². The molecule has 20 heavy (non-hydrogen) atoms. The van der Waals surface area contributed by atoms with E-state index in [9.17, 15) is 9.59 Å². The lowest BCUT2D eigenvalue weighted by Crippen LogP contribution is -2.45. The van der Waals surface area contributed by atoms with E-state index in [1.807, 2.05) is 44.2 Å². The van der Waals surface area contributed by atoms with E-state index in [4.69, 9.17) is 4.74 Å². The molecule has 0 saturated carbocycles. The number of benzene rings is 1. The molecule has 110 valence electrons. The Morgan fingerprint density at radius 2 is 1.90 bits per heavy atom. The number of esters is 1. The zero-order valence-electron chi connectivity index (χ0n) is 12.4. The molecule has 0 heterocycles. The van der Waals surface area contributed by atoms with E-state index >= 15 is 0 Å². The highest BCUT2D eigenvalue weighted by Gasteiger charge is 2.26. The van der Waals surface area contributed by atoms with Crippen molar-refractivity contribution in [2.24, 2.45) is 5.92 Å². The number of amides is 1. The van der Waals surface area contributed by atoms with E-state index in [-0.39, 0.29) is 17.8 Å². The molecule has 0 aliphatic carbocycles. The van der Waals surface area contributed by atoms with Gasteiger partial charge in [-0.15, -0.1) is 0 Å². The van der Waals surface area contributed by atoms with E-state index in [0.717, 1.165) is 12.0 Å². The first-order chi connectivity index (χ1) is 9.58. The summed E-state index contributed by atoms with van der Waals surface area (Å²) in [5, 5.41) is 2.78. The highest BCUT2D eigenvalue weighted by atomic mass is 16.5. The Morgan fingerprint density at radius 1 is 1.25 bits per heavy atom. The largest absolute Gasteiger partial charge is 0.467 e. The van der Waals surface area contributed by atoms with Crippen LogP contribution in [0.4, 0.5) is 0 Å². The number of methoxy groups -OCH3 is 1. The highest BCUT2D eigenvalue weighted by Crippen LogP contribution is 2.10. The van der Waals surface area contributed by atoms with Gasteiger partial charge in [0.1, 0.15) is 6.04 Å². The van der Waals surface area contributed by atoms with Gasteiger partial charge in [0.15, 0.2) is 0 Å². The maximum atomic E-state index is 11.9. The third kappa shape index (κ3) is 5.03. The molecule has 4 nitrogen and oxygen atoms in total. The number of carbonyl (C=O) groups is 2. The molecule has 0 fully saturated rings. The van der Waals surface area contributed by atoms with Crippen LogP contribution < -0.4 is 5.32 Å². The predicted molar refractivity (Wildman–Crippen MR) is 78.2 cm³/mol. The fraction of sp³-hybridized carbons (Fsp3) is 0.500. The minimum atomic E-state index is -0.562. The molecule has 0 aliphatic heterocycles. The van der Waals surface area contributed by atoms with E-state index in [2.05, 4.69) is 5.32 Å². The molecule has 0 saturated heterocycles. The van der Waals surface area contributed by atoms with Crippen molar-refractivity contribution >= 4 is 11.9 Å². The Balaban J connectivity index is 2.51. The molecule has 1 rings (SSSR count). The summed E-state index contributed by atoms with van der Waals surface area (Å²) in [7, 11) is 1.34. The van der Waals surface area contributed by atoms with Gasteiger partial charge in [0, 0.05) is 6.42 Å². The van der Waals surface area contributed by atoms with Crippen molar-refractivity contribution in [3.05, 3.63) is 35.9 Å². The van der Waals surface area contributed by atoms with Crippen molar-refractivity contribution in [3.8, 4) is 0 Å². The minimum absolute atomic E-state index is 0.0584.